The van der Waals surface area contributed by atoms with Crippen molar-refractivity contribution in [2.75, 3.05) is 5.32 Å². The molecule has 1 N–H and O–H groups in total. The Hall–Kier alpha value is -1.67. The highest BCUT2D eigenvalue weighted by molar-refractivity contribution is 14.1. The van der Waals surface area contributed by atoms with Gasteiger partial charge in [-0.15, -0.1) is 0 Å². The lowest BCUT2D eigenvalue weighted by Gasteiger charge is -2.05. The maximum absolute atomic E-state index is 12.4. The minimum atomic E-state index is -0.165. The molecule has 0 unspecified atom stereocenters. The third kappa shape index (κ3) is 4.05. The Balaban J connectivity index is 1.75. The lowest BCUT2D eigenvalue weighted by atomic mass is 10.1. The van der Waals surface area contributed by atoms with E-state index in [-0.39, 0.29) is 5.91 Å². The lowest BCUT2D eigenvalue weighted by Crippen LogP contribution is -2.14. The Bertz CT molecular complexity index is 874. The summed E-state index contributed by atoms with van der Waals surface area (Å²) >= 11 is 5.61. The summed E-state index contributed by atoms with van der Waals surface area (Å²) in [6.45, 7) is 2.71. The van der Waals surface area contributed by atoms with Crippen LogP contribution >= 0.6 is 38.5 Å². The van der Waals surface area contributed by atoms with Gasteiger partial charge in [0, 0.05) is 9.77 Å². The van der Waals surface area contributed by atoms with Crippen molar-refractivity contribution in [1.82, 2.24) is 9.78 Å². The van der Waals surface area contributed by atoms with Crippen molar-refractivity contribution in [3.05, 3.63) is 79.5 Å². The fraction of sp³-hybridized carbons (Fsp3) is 0.111. The molecule has 24 heavy (non-hydrogen) atoms. The van der Waals surface area contributed by atoms with Crippen LogP contribution in [0.3, 0.4) is 0 Å². The van der Waals surface area contributed by atoms with Crippen molar-refractivity contribution >= 4 is 50.2 Å². The Kier molecular flexibility index (Phi) is 5.35. The van der Waals surface area contributed by atoms with Gasteiger partial charge in [-0.05, 0) is 63.1 Å². The zero-order chi connectivity index (χ0) is 17.1. The van der Waals surface area contributed by atoms with Crippen LogP contribution in [0.15, 0.2) is 59.2 Å². The average Bonchev–Trinajstić information content (AvgIpc) is 2.89. The molecule has 0 spiro atoms. The lowest BCUT2D eigenvalue weighted by molar-refractivity contribution is 0.102. The van der Waals surface area contributed by atoms with Crippen molar-refractivity contribution in [3.63, 3.8) is 0 Å². The summed E-state index contributed by atoms with van der Waals surface area (Å²) in [5, 5.41) is 7.32. The zero-order valence-electron chi connectivity index (χ0n) is 13.0. The molecule has 1 amide bonds. The van der Waals surface area contributed by atoms with Gasteiger partial charge in [0.15, 0.2) is 5.82 Å². The Morgan fingerprint density at radius 3 is 2.62 bits per heavy atom. The minimum Gasteiger partial charge on any atom is -0.304 e. The summed E-state index contributed by atoms with van der Waals surface area (Å²) in [7, 11) is 0. The number of rotatable bonds is 4. The van der Waals surface area contributed by atoms with Crippen LogP contribution in [0.4, 0.5) is 5.82 Å². The van der Waals surface area contributed by atoms with E-state index in [2.05, 4.69) is 80.1 Å². The van der Waals surface area contributed by atoms with E-state index in [0.717, 1.165) is 13.6 Å². The molecule has 6 heteroatoms. The second kappa shape index (κ2) is 7.48. The maximum Gasteiger partial charge on any atom is 0.257 e. The fourth-order valence-corrected chi connectivity index (χ4v) is 3.31. The van der Waals surface area contributed by atoms with E-state index >= 15 is 0 Å². The summed E-state index contributed by atoms with van der Waals surface area (Å²) in [6.07, 6.45) is 1.87. The topological polar surface area (TPSA) is 46.9 Å². The standard InChI is InChI=1S/C18H15BrIN3O/c1-12-6-8-13(9-7-12)10-23-11-15(19)17(22-23)21-18(24)14-4-2-3-5-16(14)20/h2-9,11H,10H2,1H3,(H,21,22,24). The number of halogens is 2. The molecule has 1 heterocycles. The van der Waals surface area contributed by atoms with Crippen LogP contribution in [0.5, 0.6) is 0 Å². The molecular formula is C18H15BrIN3O. The van der Waals surface area contributed by atoms with Crippen molar-refractivity contribution in [1.29, 1.82) is 0 Å². The molecule has 0 radical (unpaired) electrons. The van der Waals surface area contributed by atoms with Crippen LogP contribution in [-0.4, -0.2) is 15.7 Å². The molecule has 0 bridgehead atoms. The predicted molar refractivity (Wildman–Crippen MR) is 107 cm³/mol. The highest BCUT2D eigenvalue weighted by Gasteiger charge is 2.14. The van der Waals surface area contributed by atoms with Crippen molar-refractivity contribution < 1.29 is 4.79 Å². The molecule has 0 aliphatic carbocycles. The molecule has 122 valence electrons. The number of carbonyl (C=O) groups is 1. The van der Waals surface area contributed by atoms with Gasteiger partial charge in [0.25, 0.3) is 5.91 Å². The number of nitrogens with zero attached hydrogens (tertiary/aromatic N) is 2. The summed E-state index contributed by atoms with van der Waals surface area (Å²) < 4.78 is 3.47. The summed E-state index contributed by atoms with van der Waals surface area (Å²) in [5.41, 5.74) is 3.02. The third-order valence-electron chi connectivity index (χ3n) is 3.53. The molecule has 0 fully saturated rings. The SMILES string of the molecule is Cc1ccc(Cn2cc(Br)c(NC(=O)c3ccccc3I)n2)cc1. The first kappa shape index (κ1) is 17.2. The molecule has 4 nitrogen and oxygen atoms in total. The van der Waals surface area contributed by atoms with Gasteiger partial charge in [0.05, 0.1) is 16.6 Å². The molecule has 0 aliphatic rings. The zero-order valence-corrected chi connectivity index (χ0v) is 16.7. The smallest absolute Gasteiger partial charge is 0.257 e. The minimum absolute atomic E-state index is 0.165. The largest absolute Gasteiger partial charge is 0.304 e. The molecule has 0 saturated carbocycles. The van der Waals surface area contributed by atoms with Crippen LogP contribution in [-0.2, 0) is 6.54 Å². The molecule has 0 atom stereocenters. The molecule has 3 rings (SSSR count). The summed E-state index contributed by atoms with van der Waals surface area (Å²) in [6, 6.07) is 15.8. The Labute approximate surface area is 162 Å². The number of anilines is 1. The second-order valence-electron chi connectivity index (χ2n) is 5.44. The van der Waals surface area contributed by atoms with Gasteiger partial charge in [0.2, 0.25) is 0 Å². The summed E-state index contributed by atoms with van der Waals surface area (Å²) in [4.78, 5) is 12.4. The number of aryl methyl sites for hydroxylation is 1. The molecule has 3 aromatic rings. The Morgan fingerprint density at radius 1 is 1.21 bits per heavy atom. The van der Waals surface area contributed by atoms with Crippen LogP contribution < -0.4 is 5.32 Å². The van der Waals surface area contributed by atoms with E-state index in [1.165, 1.54) is 5.56 Å². The van der Waals surface area contributed by atoms with Gasteiger partial charge in [-0.3, -0.25) is 9.48 Å². The van der Waals surface area contributed by atoms with Gasteiger partial charge in [0.1, 0.15) is 0 Å². The third-order valence-corrected chi connectivity index (χ3v) is 5.05. The number of carbonyl (C=O) groups excluding carboxylic acids is 1. The monoisotopic (exact) mass is 495 g/mol. The van der Waals surface area contributed by atoms with Gasteiger partial charge >= 0.3 is 0 Å². The first-order valence-corrected chi connectivity index (χ1v) is 9.24. The number of amides is 1. The van der Waals surface area contributed by atoms with Crippen LogP contribution in [0.1, 0.15) is 21.5 Å². The van der Waals surface area contributed by atoms with Crippen molar-refractivity contribution in [3.8, 4) is 0 Å². The first-order chi connectivity index (χ1) is 11.5. The van der Waals surface area contributed by atoms with E-state index in [0.29, 0.717) is 17.9 Å². The van der Waals surface area contributed by atoms with E-state index in [4.69, 9.17) is 0 Å². The number of aromatic nitrogens is 2. The van der Waals surface area contributed by atoms with E-state index < -0.39 is 0 Å². The van der Waals surface area contributed by atoms with Crippen LogP contribution in [0.25, 0.3) is 0 Å². The van der Waals surface area contributed by atoms with Gasteiger partial charge < -0.3 is 5.32 Å². The molecule has 0 aliphatic heterocycles. The van der Waals surface area contributed by atoms with E-state index in [1.54, 1.807) is 10.7 Å². The van der Waals surface area contributed by atoms with E-state index in [9.17, 15) is 4.79 Å². The number of nitrogens with one attached hydrogen (secondary N) is 1. The van der Waals surface area contributed by atoms with Crippen LogP contribution in [0, 0.1) is 10.5 Å². The highest BCUT2D eigenvalue weighted by atomic mass is 127. The summed E-state index contributed by atoms with van der Waals surface area (Å²) in [5.74, 6) is 0.355. The predicted octanol–water partition coefficient (Wildman–Crippen LogP) is 4.86. The molecular weight excluding hydrogens is 481 g/mol. The van der Waals surface area contributed by atoms with Crippen molar-refractivity contribution in [2.45, 2.75) is 13.5 Å². The second-order valence-corrected chi connectivity index (χ2v) is 7.46. The molecule has 2 aromatic carbocycles. The normalized spacial score (nSPS) is 10.6. The van der Waals surface area contributed by atoms with E-state index in [1.807, 2.05) is 24.4 Å². The molecule has 0 saturated heterocycles. The first-order valence-electron chi connectivity index (χ1n) is 7.37. The molecule has 1 aromatic heterocycles. The number of benzene rings is 2. The quantitative estimate of drug-likeness (QED) is 0.525. The maximum atomic E-state index is 12.4. The number of hydrogen-bond donors (Lipinski definition) is 1. The van der Waals surface area contributed by atoms with Gasteiger partial charge in [-0.25, -0.2) is 0 Å². The van der Waals surface area contributed by atoms with Crippen molar-refractivity contribution in [2.24, 2.45) is 0 Å². The van der Waals surface area contributed by atoms with Gasteiger partial charge in [-0.2, -0.15) is 5.10 Å². The van der Waals surface area contributed by atoms with Crippen LogP contribution in [0.2, 0.25) is 0 Å². The van der Waals surface area contributed by atoms with Gasteiger partial charge in [-0.1, -0.05) is 42.0 Å². The average molecular weight is 496 g/mol. The Morgan fingerprint density at radius 2 is 1.92 bits per heavy atom. The number of hydrogen-bond acceptors (Lipinski definition) is 2. The fourth-order valence-electron chi connectivity index (χ4n) is 2.26. The highest BCUT2D eigenvalue weighted by Crippen LogP contribution is 2.22.